The number of benzene rings is 2. The van der Waals surface area contributed by atoms with Crippen molar-refractivity contribution in [2.45, 2.75) is 0 Å². The van der Waals surface area contributed by atoms with Crippen LogP contribution >= 0.6 is 15.9 Å². The van der Waals surface area contributed by atoms with Crippen molar-refractivity contribution in [1.29, 1.82) is 0 Å². The Labute approximate surface area is 132 Å². The molecule has 7 nitrogen and oxygen atoms in total. The van der Waals surface area contributed by atoms with Crippen LogP contribution in [0.1, 0.15) is 20.7 Å². The van der Waals surface area contributed by atoms with Gasteiger partial charge in [0.15, 0.2) is 0 Å². The largest absolute Gasteiger partial charge is 0.545 e. The van der Waals surface area contributed by atoms with Crippen molar-refractivity contribution in [2.24, 2.45) is 0 Å². The van der Waals surface area contributed by atoms with Gasteiger partial charge in [0.25, 0.3) is 11.6 Å². The SMILES string of the molecule is O=C([O-])c1ccc(Br)c(NC(=O)c2cccc([N+](=O)[O-])c2)c1. The van der Waals surface area contributed by atoms with E-state index in [4.69, 9.17) is 0 Å². The summed E-state index contributed by atoms with van der Waals surface area (Å²) in [6.45, 7) is 0. The van der Waals surface area contributed by atoms with Crippen molar-refractivity contribution < 1.29 is 19.6 Å². The van der Waals surface area contributed by atoms with E-state index in [1.165, 1.54) is 36.4 Å². The van der Waals surface area contributed by atoms with Crippen LogP contribution in [0.15, 0.2) is 46.9 Å². The number of nitrogens with zero attached hydrogens (tertiary/aromatic N) is 1. The fraction of sp³-hybridized carbons (Fsp3) is 0. The average Bonchev–Trinajstić information content (AvgIpc) is 2.49. The fourth-order valence-electron chi connectivity index (χ4n) is 1.70. The Kier molecular flexibility index (Phi) is 4.52. The Morgan fingerprint density at radius 2 is 1.82 bits per heavy atom. The Balaban J connectivity index is 2.29. The van der Waals surface area contributed by atoms with E-state index in [2.05, 4.69) is 21.2 Å². The molecule has 2 rings (SSSR count). The van der Waals surface area contributed by atoms with E-state index >= 15 is 0 Å². The third-order valence-electron chi connectivity index (χ3n) is 2.77. The molecule has 0 saturated heterocycles. The molecule has 1 N–H and O–H groups in total. The fourth-order valence-corrected chi connectivity index (χ4v) is 2.05. The number of rotatable bonds is 4. The van der Waals surface area contributed by atoms with Crippen molar-refractivity contribution in [3.63, 3.8) is 0 Å². The lowest BCUT2D eigenvalue weighted by molar-refractivity contribution is -0.384. The molecule has 0 atom stereocenters. The lowest BCUT2D eigenvalue weighted by atomic mass is 10.1. The standard InChI is InChI=1S/C14H9BrN2O5/c15-11-5-4-9(14(19)20)7-12(11)16-13(18)8-2-1-3-10(6-8)17(21)22/h1-7H,(H,16,18)(H,19,20)/p-1. The normalized spacial score (nSPS) is 10.0. The van der Waals surface area contributed by atoms with Crippen molar-refractivity contribution in [1.82, 2.24) is 0 Å². The highest BCUT2D eigenvalue weighted by Crippen LogP contribution is 2.24. The third kappa shape index (κ3) is 3.47. The topological polar surface area (TPSA) is 112 Å². The van der Waals surface area contributed by atoms with Gasteiger partial charge in [0.2, 0.25) is 0 Å². The van der Waals surface area contributed by atoms with Crippen LogP contribution in [0, 0.1) is 10.1 Å². The maximum absolute atomic E-state index is 12.1. The molecule has 0 bridgehead atoms. The number of carbonyl (C=O) groups is 2. The summed E-state index contributed by atoms with van der Waals surface area (Å²) in [5.41, 5.74) is -0.00842. The number of non-ortho nitro benzene ring substituents is 1. The lowest BCUT2D eigenvalue weighted by Crippen LogP contribution is -2.22. The second-order valence-electron chi connectivity index (χ2n) is 4.24. The highest BCUT2D eigenvalue weighted by atomic mass is 79.9. The van der Waals surface area contributed by atoms with Crippen LogP contribution in [-0.2, 0) is 0 Å². The molecular formula is C14H8BrN2O5-. The number of nitro groups is 1. The number of amides is 1. The van der Waals surface area contributed by atoms with Gasteiger partial charge >= 0.3 is 0 Å². The van der Waals surface area contributed by atoms with E-state index in [1.54, 1.807) is 0 Å². The van der Waals surface area contributed by atoms with Gasteiger partial charge in [0.1, 0.15) is 0 Å². The predicted octanol–water partition coefficient (Wildman–Crippen LogP) is 1.97. The van der Waals surface area contributed by atoms with E-state index in [9.17, 15) is 24.8 Å². The van der Waals surface area contributed by atoms with Crippen molar-refractivity contribution in [2.75, 3.05) is 5.32 Å². The Morgan fingerprint density at radius 1 is 1.09 bits per heavy atom. The van der Waals surface area contributed by atoms with Crippen LogP contribution in [0.3, 0.4) is 0 Å². The molecule has 0 heterocycles. The van der Waals surface area contributed by atoms with Gasteiger partial charge in [-0.1, -0.05) is 12.1 Å². The zero-order chi connectivity index (χ0) is 16.3. The Hall–Kier alpha value is -2.74. The quantitative estimate of drug-likeness (QED) is 0.658. The van der Waals surface area contributed by atoms with E-state index in [-0.39, 0.29) is 22.5 Å². The molecule has 1 amide bonds. The third-order valence-corrected chi connectivity index (χ3v) is 3.46. The molecule has 0 fully saturated rings. The number of halogens is 1. The van der Waals surface area contributed by atoms with Crippen LogP contribution in [0.25, 0.3) is 0 Å². The molecule has 0 radical (unpaired) electrons. The lowest BCUT2D eigenvalue weighted by Gasteiger charge is -2.10. The first kappa shape index (κ1) is 15.6. The summed E-state index contributed by atoms with van der Waals surface area (Å²) in [5, 5.41) is 24.0. The molecule has 8 heteroatoms. The monoisotopic (exact) mass is 363 g/mol. The smallest absolute Gasteiger partial charge is 0.270 e. The first-order valence-corrected chi connectivity index (χ1v) is 6.74. The summed E-state index contributed by atoms with van der Waals surface area (Å²) in [6, 6.07) is 9.21. The summed E-state index contributed by atoms with van der Waals surface area (Å²) < 4.78 is 0.469. The highest BCUT2D eigenvalue weighted by Gasteiger charge is 2.13. The first-order chi connectivity index (χ1) is 10.4. The zero-order valence-corrected chi connectivity index (χ0v) is 12.5. The molecular weight excluding hydrogens is 356 g/mol. The van der Waals surface area contributed by atoms with Crippen LogP contribution in [0.4, 0.5) is 11.4 Å². The number of carbonyl (C=O) groups excluding carboxylic acids is 2. The van der Waals surface area contributed by atoms with Crippen LogP contribution in [-0.4, -0.2) is 16.8 Å². The van der Waals surface area contributed by atoms with Gasteiger partial charge < -0.3 is 15.2 Å². The number of hydrogen-bond donors (Lipinski definition) is 1. The molecule has 2 aromatic rings. The van der Waals surface area contributed by atoms with Gasteiger partial charge in [-0.3, -0.25) is 14.9 Å². The van der Waals surface area contributed by atoms with E-state index < -0.39 is 16.8 Å². The van der Waals surface area contributed by atoms with Crippen molar-refractivity contribution in [3.05, 3.63) is 68.2 Å². The molecule has 22 heavy (non-hydrogen) atoms. The number of anilines is 1. The first-order valence-electron chi connectivity index (χ1n) is 5.95. The van der Waals surface area contributed by atoms with E-state index in [1.807, 2.05) is 0 Å². The maximum Gasteiger partial charge on any atom is 0.270 e. The predicted molar refractivity (Wildman–Crippen MR) is 79.5 cm³/mol. The van der Waals surface area contributed by atoms with Gasteiger partial charge in [-0.2, -0.15) is 0 Å². The van der Waals surface area contributed by atoms with Crippen LogP contribution < -0.4 is 10.4 Å². The zero-order valence-electron chi connectivity index (χ0n) is 10.9. The highest BCUT2D eigenvalue weighted by molar-refractivity contribution is 9.10. The molecule has 0 aromatic heterocycles. The van der Waals surface area contributed by atoms with Gasteiger partial charge in [0, 0.05) is 22.2 Å². The number of carboxylic acid groups (broad SMARTS) is 1. The molecule has 112 valence electrons. The maximum atomic E-state index is 12.1. The second kappa shape index (κ2) is 6.35. The number of nitrogens with one attached hydrogen (secondary N) is 1. The van der Waals surface area contributed by atoms with Gasteiger partial charge in [-0.15, -0.1) is 0 Å². The minimum absolute atomic E-state index is 0.0833. The molecule has 0 spiro atoms. The molecule has 0 saturated carbocycles. The van der Waals surface area contributed by atoms with Gasteiger partial charge in [-0.25, -0.2) is 0 Å². The van der Waals surface area contributed by atoms with Crippen molar-refractivity contribution in [3.8, 4) is 0 Å². The van der Waals surface area contributed by atoms with E-state index in [0.29, 0.717) is 4.47 Å². The Morgan fingerprint density at radius 3 is 2.45 bits per heavy atom. The summed E-state index contributed by atoms with van der Waals surface area (Å²) in [7, 11) is 0. The summed E-state index contributed by atoms with van der Waals surface area (Å²) in [4.78, 5) is 33.0. The van der Waals surface area contributed by atoms with Crippen LogP contribution in [0.5, 0.6) is 0 Å². The minimum Gasteiger partial charge on any atom is -0.545 e. The molecule has 0 aliphatic heterocycles. The molecule has 0 aliphatic rings. The van der Waals surface area contributed by atoms with Crippen molar-refractivity contribution >= 4 is 39.2 Å². The molecule has 0 aliphatic carbocycles. The number of aromatic carboxylic acids is 1. The van der Waals surface area contributed by atoms with Gasteiger partial charge in [0.05, 0.1) is 16.6 Å². The number of nitro benzene ring substituents is 1. The second-order valence-corrected chi connectivity index (χ2v) is 5.10. The average molecular weight is 364 g/mol. The summed E-state index contributed by atoms with van der Waals surface area (Å²) in [5.74, 6) is -1.97. The van der Waals surface area contributed by atoms with Crippen LogP contribution in [0.2, 0.25) is 0 Å². The summed E-state index contributed by atoms with van der Waals surface area (Å²) >= 11 is 3.18. The summed E-state index contributed by atoms with van der Waals surface area (Å²) in [6.07, 6.45) is 0. The number of carboxylic acids is 1. The minimum atomic E-state index is -1.38. The number of hydrogen-bond acceptors (Lipinski definition) is 5. The van der Waals surface area contributed by atoms with Gasteiger partial charge in [-0.05, 0) is 39.7 Å². The Bertz CT molecular complexity index is 776. The molecule has 2 aromatic carbocycles. The molecule has 0 unspecified atom stereocenters. The van der Waals surface area contributed by atoms with E-state index in [0.717, 1.165) is 6.07 Å².